The van der Waals surface area contributed by atoms with Gasteiger partial charge in [-0.15, -0.1) is 12.3 Å². The topological polar surface area (TPSA) is 20.3 Å². The Labute approximate surface area is 113 Å². The number of halogens is 3. The average molecular weight is 285 g/mol. The van der Waals surface area contributed by atoms with E-state index in [1.807, 2.05) is 0 Å². The minimum Gasteiger partial charge on any atom is -0.311 e. The number of nitrogens with zero attached hydrogens (tertiary/aromatic N) is 1. The fraction of sp³-hybridized carbons (Fsp3) is 0.308. The van der Waals surface area contributed by atoms with E-state index in [0.29, 0.717) is 12.2 Å². The van der Waals surface area contributed by atoms with Gasteiger partial charge < -0.3 is 4.90 Å². The van der Waals surface area contributed by atoms with Crippen LogP contribution in [0.1, 0.15) is 6.42 Å². The quantitative estimate of drug-likeness (QED) is 0.614. The van der Waals surface area contributed by atoms with Gasteiger partial charge in [0.1, 0.15) is 0 Å². The molecule has 0 aliphatic carbocycles. The zero-order chi connectivity index (χ0) is 14.0. The highest BCUT2D eigenvalue weighted by atomic mass is 32.2. The number of carbonyl (C=O) groups excluding carboxylic acids is 1. The molecule has 0 saturated carbocycles. The second-order valence-electron chi connectivity index (χ2n) is 4.12. The Hall–Kier alpha value is -1.61. The van der Waals surface area contributed by atoms with E-state index in [1.165, 1.54) is 23.1 Å². The van der Waals surface area contributed by atoms with Crippen molar-refractivity contribution < 1.29 is 18.0 Å². The molecule has 1 unspecified atom stereocenters. The normalized spacial score (nSPS) is 19.6. The van der Waals surface area contributed by atoms with Gasteiger partial charge in [0.15, 0.2) is 0 Å². The predicted molar refractivity (Wildman–Crippen MR) is 67.6 cm³/mol. The summed E-state index contributed by atoms with van der Waals surface area (Å²) in [7, 11) is 0. The predicted octanol–water partition coefficient (Wildman–Crippen LogP) is 3.28. The summed E-state index contributed by atoms with van der Waals surface area (Å²) in [4.78, 5) is 13.2. The molecule has 1 saturated heterocycles. The third kappa shape index (κ3) is 3.44. The lowest BCUT2D eigenvalue weighted by Gasteiger charge is -2.17. The molecular weight excluding hydrogens is 275 g/mol. The SMILES string of the molecule is C#CC1CC(=O)N(c2cccc(SC(F)(F)F)c2)C1. The lowest BCUT2D eigenvalue weighted by atomic mass is 10.1. The van der Waals surface area contributed by atoms with Crippen LogP contribution < -0.4 is 4.90 Å². The molecule has 0 spiro atoms. The van der Waals surface area contributed by atoms with E-state index in [4.69, 9.17) is 6.42 Å². The van der Waals surface area contributed by atoms with Crippen molar-refractivity contribution in [3.8, 4) is 12.3 Å². The van der Waals surface area contributed by atoms with Gasteiger partial charge in [0.2, 0.25) is 5.91 Å². The monoisotopic (exact) mass is 285 g/mol. The van der Waals surface area contributed by atoms with E-state index < -0.39 is 5.51 Å². The molecule has 6 heteroatoms. The number of hydrogen-bond acceptors (Lipinski definition) is 2. The summed E-state index contributed by atoms with van der Waals surface area (Å²) in [5.74, 6) is 2.17. The van der Waals surface area contributed by atoms with Crippen molar-refractivity contribution in [2.24, 2.45) is 5.92 Å². The minimum absolute atomic E-state index is 0.0574. The van der Waals surface area contributed by atoms with E-state index in [0.717, 1.165) is 0 Å². The Bertz CT molecular complexity index is 535. The summed E-state index contributed by atoms with van der Waals surface area (Å²) < 4.78 is 36.9. The fourth-order valence-corrected chi connectivity index (χ4v) is 2.51. The largest absolute Gasteiger partial charge is 0.446 e. The van der Waals surface area contributed by atoms with Crippen molar-refractivity contribution >= 4 is 23.4 Å². The van der Waals surface area contributed by atoms with Crippen molar-refractivity contribution in [2.45, 2.75) is 16.8 Å². The Morgan fingerprint density at radius 1 is 1.42 bits per heavy atom. The van der Waals surface area contributed by atoms with Crippen LogP contribution in [0, 0.1) is 18.3 Å². The standard InChI is InChI=1S/C13H10F3NOS/c1-2-9-6-12(18)17(8-9)10-4-3-5-11(7-10)19-13(14,15)16/h1,3-5,7,9H,6,8H2. The first kappa shape index (κ1) is 13.8. The number of amides is 1. The van der Waals surface area contributed by atoms with Crippen LogP contribution in [-0.2, 0) is 4.79 Å². The second-order valence-corrected chi connectivity index (χ2v) is 5.26. The second kappa shape index (κ2) is 5.17. The maximum absolute atomic E-state index is 12.3. The highest BCUT2D eigenvalue weighted by Crippen LogP contribution is 2.38. The number of terminal acetylenes is 1. The van der Waals surface area contributed by atoms with E-state index >= 15 is 0 Å². The van der Waals surface area contributed by atoms with E-state index in [-0.39, 0.29) is 34.9 Å². The molecule has 0 aromatic heterocycles. The van der Waals surface area contributed by atoms with E-state index in [2.05, 4.69) is 5.92 Å². The summed E-state index contributed by atoms with van der Waals surface area (Å²) in [6.07, 6.45) is 5.51. The van der Waals surface area contributed by atoms with Crippen LogP contribution in [0.2, 0.25) is 0 Å². The zero-order valence-electron chi connectivity index (χ0n) is 9.78. The molecule has 100 valence electrons. The highest BCUT2D eigenvalue weighted by Gasteiger charge is 2.31. The van der Waals surface area contributed by atoms with Crippen LogP contribution >= 0.6 is 11.8 Å². The Morgan fingerprint density at radius 3 is 2.74 bits per heavy atom. The molecule has 19 heavy (non-hydrogen) atoms. The minimum atomic E-state index is -4.34. The number of hydrogen-bond donors (Lipinski definition) is 0. The Kier molecular flexibility index (Phi) is 3.76. The number of rotatable bonds is 2. The van der Waals surface area contributed by atoms with Gasteiger partial charge in [0.05, 0.1) is 0 Å². The molecule has 1 aliphatic rings. The van der Waals surface area contributed by atoms with Gasteiger partial charge in [-0.2, -0.15) is 13.2 Å². The number of thioether (sulfide) groups is 1. The molecule has 2 rings (SSSR count). The van der Waals surface area contributed by atoms with Crippen LogP contribution in [0.25, 0.3) is 0 Å². The maximum atomic E-state index is 12.3. The van der Waals surface area contributed by atoms with Crippen LogP contribution in [0.3, 0.4) is 0 Å². The van der Waals surface area contributed by atoms with Crippen LogP contribution in [0.5, 0.6) is 0 Å². The molecule has 1 heterocycles. The average Bonchev–Trinajstić information content (AvgIpc) is 2.69. The van der Waals surface area contributed by atoms with Crippen LogP contribution in [0.15, 0.2) is 29.2 Å². The molecule has 0 radical (unpaired) electrons. The van der Waals surface area contributed by atoms with Gasteiger partial charge >= 0.3 is 5.51 Å². The smallest absolute Gasteiger partial charge is 0.311 e. The van der Waals surface area contributed by atoms with Gasteiger partial charge in [0.25, 0.3) is 0 Å². The Morgan fingerprint density at radius 2 is 2.16 bits per heavy atom. The first-order chi connectivity index (χ1) is 8.89. The molecule has 1 atom stereocenters. The van der Waals surface area contributed by atoms with E-state index in [9.17, 15) is 18.0 Å². The lowest BCUT2D eigenvalue weighted by molar-refractivity contribution is -0.117. The first-order valence-electron chi connectivity index (χ1n) is 5.51. The molecule has 0 bridgehead atoms. The number of alkyl halides is 3. The van der Waals surface area contributed by atoms with E-state index in [1.54, 1.807) is 6.07 Å². The molecule has 1 aromatic carbocycles. The van der Waals surface area contributed by atoms with Gasteiger partial charge in [0, 0.05) is 29.5 Å². The number of benzene rings is 1. The molecule has 1 fully saturated rings. The first-order valence-corrected chi connectivity index (χ1v) is 6.33. The summed E-state index contributed by atoms with van der Waals surface area (Å²) in [6, 6.07) is 5.83. The molecule has 1 amide bonds. The molecule has 1 aliphatic heterocycles. The molecular formula is C13H10F3NOS. The van der Waals surface area contributed by atoms with Crippen molar-refractivity contribution in [3.63, 3.8) is 0 Å². The lowest BCUT2D eigenvalue weighted by Crippen LogP contribution is -2.24. The van der Waals surface area contributed by atoms with Gasteiger partial charge in [-0.3, -0.25) is 4.79 Å². The molecule has 2 nitrogen and oxygen atoms in total. The number of anilines is 1. The summed E-state index contributed by atoms with van der Waals surface area (Å²) in [6.45, 7) is 0.357. The summed E-state index contributed by atoms with van der Waals surface area (Å²) in [5.41, 5.74) is -3.88. The Balaban J connectivity index is 2.20. The maximum Gasteiger partial charge on any atom is 0.446 e. The molecule has 1 aromatic rings. The third-order valence-electron chi connectivity index (χ3n) is 2.72. The van der Waals surface area contributed by atoms with Crippen LogP contribution in [-0.4, -0.2) is 18.0 Å². The molecule has 0 N–H and O–H groups in total. The van der Waals surface area contributed by atoms with Gasteiger partial charge in [-0.25, -0.2) is 0 Å². The third-order valence-corrected chi connectivity index (χ3v) is 3.44. The van der Waals surface area contributed by atoms with Crippen molar-refractivity contribution in [3.05, 3.63) is 24.3 Å². The van der Waals surface area contributed by atoms with Crippen LogP contribution in [0.4, 0.5) is 18.9 Å². The van der Waals surface area contributed by atoms with Gasteiger partial charge in [-0.05, 0) is 30.0 Å². The zero-order valence-corrected chi connectivity index (χ0v) is 10.6. The summed E-state index contributed by atoms with van der Waals surface area (Å²) >= 11 is -0.197. The van der Waals surface area contributed by atoms with Gasteiger partial charge in [-0.1, -0.05) is 6.07 Å². The highest BCUT2D eigenvalue weighted by molar-refractivity contribution is 8.00. The number of carbonyl (C=O) groups is 1. The summed E-state index contributed by atoms with van der Waals surface area (Å²) in [5, 5.41) is 0. The van der Waals surface area contributed by atoms with Crippen molar-refractivity contribution in [2.75, 3.05) is 11.4 Å². The van der Waals surface area contributed by atoms with Crippen molar-refractivity contribution in [1.82, 2.24) is 0 Å². The fourth-order valence-electron chi connectivity index (χ4n) is 1.92. The van der Waals surface area contributed by atoms with Crippen molar-refractivity contribution in [1.29, 1.82) is 0 Å².